The van der Waals surface area contributed by atoms with Gasteiger partial charge >= 0.3 is 0 Å². The van der Waals surface area contributed by atoms with E-state index in [9.17, 15) is 5.11 Å². The second-order valence-corrected chi connectivity index (χ2v) is 3.92. The Morgan fingerprint density at radius 1 is 1.12 bits per heavy atom. The molecule has 1 aromatic heterocycles. The van der Waals surface area contributed by atoms with E-state index >= 15 is 0 Å². The zero-order chi connectivity index (χ0) is 11.4. The van der Waals surface area contributed by atoms with E-state index in [-0.39, 0.29) is 6.61 Å². The van der Waals surface area contributed by atoms with Gasteiger partial charge in [-0.1, -0.05) is 41.9 Å². The first-order valence-corrected chi connectivity index (χ1v) is 5.46. The van der Waals surface area contributed by atoms with Crippen LogP contribution in [0.25, 0.3) is 0 Å². The summed E-state index contributed by atoms with van der Waals surface area (Å²) >= 11 is 6.04. The highest BCUT2D eigenvalue weighted by Crippen LogP contribution is 2.21. The van der Waals surface area contributed by atoms with Gasteiger partial charge < -0.3 is 5.11 Å². The third-order valence-electron chi connectivity index (χ3n) is 2.49. The van der Waals surface area contributed by atoms with Gasteiger partial charge in [0.15, 0.2) is 0 Å². The Morgan fingerprint density at radius 3 is 2.56 bits per heavy atom. The smallest absolute Gasteiger partial charge is 0.132 e. The van der Waals surface area contributed by atoms with Gasteiger partial charge in [-0.3, -0.25) is 0 Å². The Morgan fingerprint density at radius 2 is 1.88 bits per heavy atom. The van der Waals surface area contributed by atoms with Gasteiger partial charge in [-0.05, 0) is 22.8 Å². The van der Waals surface area contributed by atoms with E-state index in [1.165, 1.54) is 0 Å². The number of aliphatic hydroxyl groups is 1. The van der Waals surface area contributed by atoms with Crippen molar-refractivity contribution >= 4 is 11.6 Å². The number of halogens is 1. The second-order valence-electron chi connectivity index (χ2n) is 3.56. The summed E-state index contributed by atoms with van der Waals surface area (Å²) in [5, 5.41) is 9.70. The number of aliphatic hydroxyl groups excluding tert-OH is 1. The van der Waals surface area contributed by atoms with Crippen LogP contribution in [0.3, 0.4) is 0 Å². The minimum atomic E-state index is -0.00952. The molecule has 0 radical (unpaired) electrons. The molecule has 2 aromatic rings. The predicted molar refractivity (Wildman–Crippen MR) is 64.4 cm³/mol. The van der Waals surface area contributed by atoms with Crippen LogP contribution in [0.2, 0.25) is 5.15 Å². The molecule has 2 rings (SSSR count). The fourth-order valence-corrected chi connectivity index (χ4v) is 1.88. The molecule has 3 heteroatoms. The summed E-state index contributed by atoms with van der Waals surface area (Å²) in [6.07, 6.45) is 2.31. The lowest BCUT2D eigenvalue weighted by molar-refractivity contribution is 0.280. The first-order chi connectivity index (χ1) is 7.81. The standard InChI is InChI=1S/C13H12ClNO/c14-13-12(11(9-16)6-7-15-13)8-10-4-2-1-3-5-10/h1-7,16H,8-9H2. The van der Waals surface area contributed by atoms with Crippen molar-refractivity contribution in [3.8, 4) is 0 Å². The highest BCUT2D eigenvalue weighted by Gasteiger charge is 2.07. The topological polar surface area (TPSA) is 33.1 Å². The molecule has 1 N–H and O–H groups in total. The zero-order valence-electron chi connectivity index (χ0n) is 8.73. The van der Waals surface area contributed by atoms with Crippen molar-refractivity contribution in [2.75, 3.05) is 0 Å². The van der Waals surface area contributed by atoms with Gasteiger partial charge in [0, 0.05) is 12.6 Å². The van der Waals surface area contributed by atoms with E-state index in [0.29, 0.717) is 11.6 Å². The molecule has 16 heavy (non-hydrogen) atoms. The van der Waals surface area contributed by atoms with Crippen LogP contribution in [0.4, 0.5) is 0 Å². The van der Waals surface area contributed by atoms with E-state index in [2.05, 4.69) is 4.98 Å². The van der Waals surface area contributed by atoms with Crippen molar-refractivity contribution in [3.63, 3.8) is 0 Å². The minimum absolute atomic E-state index is 0.00952. The van der Waals surface area contributed by atoms with Crippen LogP contribution >= 0.6 is 11.6 Å². The van der Waals surface area contributed by atoms with Crippen LogP contribution in [0, 0.1) is 0 Å². The zero-order valence-corrected chi connectivity index (χ0v) is 9.48. The molecule has 1 aromatic carbocycles. The summed E-state index contributed by atoms with van der Waals surface area (Å²) in [6.45, 7) is -0.00952. The van der Waals surface area contributed by atoms with E-state index in [1.54, 1.807) is 12.3 Å². The van der Waals surface area contributed by atoms with Crippen molar-refractivity contribution < 1.29 is 5.11 Å². The Bertz CT molecular complexity index is 471. The molecule has 0 unspecified atom stereocenters. The van der Waals surface area contributed by atoms with Gasteiger partial charge in [-0.25, -0.2) is 4.98 Å². The Labute approximate surface area is 99.5 Å². The summed E-state index contributed by atoms with van der Waals surface area (Å²) in [4.78, 5) is 4.04. The van der Waals surface area contributed by atoms with Crippen LogP contribution in [0.5, 0.6) is 0 Å². The first kappa shape index (κ1) is 11.1. The molecule has 0 aliphatic carbocycles. The lowest BCUT2D eigenvalue weighted by atomic mass is 10.0. The maximum absolute atomic E-state index is 9.23. The van der Waals surface area contributed by atoms with E-state index in [1.807, 2.05) is 30.3 Å². The molecule has 0 aliphatic heterocycles. The molecule has 0 aliphatic rings. The van der Waals surface area contributed by atoms with Crippen molar-refractivity contribution in [3.05, 3.63) is 64.4 Å². The molecule has 0 bridgehead atoms. The van der Waals surface area contributed by atoms with Gasteiger partial charge in [0.2, 0.25) is 0 Å². The number of aromatic nitrogens is 1. The van der Waals surface area contributed by atoms with Crippen LogP contribution < -0.4 is 0 Å². The molecule has 0 spiro atoms. The van der Waals surface area contributed by atoms with Crippen LogP contribution in [0.15, 0.2) is 42.6 Å². The largest absolute Gasteiger partial charge is 0.392 e. The fourth-order valence-electron chi connectivity index (χ4n) is 1.64. The number of nitrogens with zero attached hydrogens (tertiary/aromatic N) is 1. The van der Waals surface area contributed by atoms with Gasteiger partial charge in [-0.15, -0.1) is 0 Å². The van der Waals surface area contributed by atoms with E-state index in [0.717, 1.165) is 16.7 Å². The normalized spacial score (nSPS) is 10.4. The van der Waals surface area contributed by atoms with E-state index in [4.69, 9.17) is 11.6 Å². The number of rotatable bonds is 3. The number of hydrogen-bond acceptors (Lipinski definition) is 2. The highest BCUT2D eigenvalue weighted by atomic mass is 35.5. The Hall–Kier alpha value is -1.38. The average molecular weight is 234 g/mol. The molecule has 82 valence electrons. The average Bonchev–Trinajstić information content (AvgIpc) is 2.33. The molecule has 2 nitrogen and oxygen atoms in total. The third kappa shape index (κ3) is 2.40. The number of hydrogen-bond donors (Lipinski definition) is 1. The van der Waals surface area contributed by atoms with Crippen molar-refractivity contribution in [2.24, 2.45) is 0 Å². The molecular weight excluding hydrogens is 222 g/mol. The summed E-state index contributed by atoms with van der Waals surface area (Å²) < 4.78 is 0. The molecule has 0 fully saturated rings. The van der Waals surface area contributed by atoms with Gasteiger partial charge in [0.25, 0.3) is 0 Å². The summed E-state index contributed by atoms with van der Waals surface area (Å²) in [7, 11) is 0. The Kier molecular flexibility index (Phi) is 3.54. The van der Waals surface area contributed by atoms with Crippen LogP contribution in [0.1, 0.15) is 16.7 Å². The quantitative estimate of drug-likeness (QED) is 0.827. The molecule has 0 amide bonds. The SMILES string of the molecule is OCc1ccnc(Cl)c1Cc1ccccc1. The lowest BCUT2D eigenvalue weighted by Gasteiger charge is -2.08. The van der Waals surface area contributed by atoms with Gasteiger partial charge in [-0.2, -0.15) is 0 Å². The molecular formula is C13H12ClNO. The summed E-state index contributed by atoms with van der Waals surface area (Å²) in [5.41, 5.74) is 2.90. The molecule has 0 atom stereocenters. The third-order valence-corrected chi connectivity index (χ3v) is 2.82. The second kappa shape index (κ2) is 5.10. The van der Waals surface area contributed by atoms with Crippen LogP contribution in [-0.2, 0) is 13.0 Å². The fraction of sp³-hybridized carbons (Fsp3) is 0.154. The van der Waals surface area contributed by atoms with Gasteiger partial charge in [0.05, 0.1) is 6.61 Å². The number of pyridine rings is 1. The maximum atomic E-state index is 9.23. The first-order valence-electron chi connectivity index (χ1n) is 5.08. The van der Waals surface area contributed by atoms with Gasteiger partial charge in [0.1, 0.15) is 5.15 Å². The summed E-state index contributed by atoms with van der Waals surface area (Å²) in [5.74, 6) is 0. The van der Waals surface area contributed by atoms with Crippen LogP contribution in [-0.4, -0.2) is 10.1 Å². The van der Waals surface area contributed by atoms with Crippen molar-refractivity contribution in [1.82, 2.24) is 4.98 Å². The predicted octanol–water partition coefficient (Wildman–Crippen LogP) is 2.82. The molecule has 0 saturated carbocycles. The maximum Gasteiger partial charge on any atom is 0.132 e. The lowest BCUT2D eigenvalue weighted by Crippen LogP contribution is -1.98. The Balaban J connectivity index is 2.34. The minimum Gasteiger partial charge on any atom is -0.392 e. The van der Waals surface area contributed by atoms with Crippen molar-refractivity contribution in [1.29, 1.82) is 0 Å². The monoisotopic (exact) mass is 233 g/mol. The highest BCUT2D eigenvalue weighted by molar-refractivity contribution is 6.30. The summed E-state index contributed by atoms with van der Waals surface area (Å²) in [6, 6.07) is 11.8. The number of benzene rings is 1. The van der Waals surface area contributed by atoms with Crippen molar-refractivity contribution in [2.45, 2.75) is 13.0 Å². The van der Waals surface area contributed by atoms with E-state index < -0.39 is 0 Å². The molecule has 0 saturated heterocycles. The molecule has 1 heterocycles.